The molecule has 6 nitrogen and oxygen atoms in total. The van der Waals surface area contributed by atoms with E-state index in [1.165, 1.54) is 22.5 Å². The van der Waals surface area contributed by atoms with Crippen molar-refractivity contribution < 1.29 is 9.84 Å². The zero-order valence-electron chi connectivity index (χ0n) is 13.8. The number of fused-ring (bicyclic) bond motifs is 1. The van der Waals surface area contributed by atoms with Crippen LogP contribution in [0.25, 0.3) is 4.96 Å². The maximum Gasteiger partial charge on any atom is 0.230 e. The number of rotatable bonds is 3. The molecule has 1 N–H and O–H groups in total. The second-order valence-electron chi connectivity index (χ2n) is 6.11. The summed E-state index contributed by atoms with van der Waals surface area (Å²) >= 11 is 1.50. The minimum Gasteiger partial charge on any atom is -0.492 e. The molecule has 0 radical (unpaired) electrons. The summed E-state index contributed by atoms with van der Waals surface area (Å²) in [5, 5.41) is 15.0. The van der Waals surface area contributed by atoms with Crippen molar-refractivity contribution in [1.82, 2.24) is 19.5 Å². The van der Waals surface area contributed by atoms with Crippen LogP contribution in [0.1, 0.15) is 27.9 Å². The maximum absolute atomic E-state index is 10.7. The van der Waals surface area contributed by atoms with Crippen LogP contribution >= 0.6 is 11.3 Å². The van der Waals surface area contributed by atoms with Gasteiger partial charge in [-0.15, -0.1) is 5.10 Å². The van der Waals surface area contributed by atoms with Gasteiger partial charge in [0.25, 0.3) is 0 Å². The Bertz CT molecular complexity index is 867. The number of ether oxygens (including phenoxy) is 1. The lowest BCUT2D eigenvalue weighted by Gasteiger charge is -2.34. The Labute approximate surface area is 144 Å². The van der Waals surface area contributed by atoms with Crippen molar-refractivity contribution >= 4 is 16.3 Å². The van der Waals surface area contributed by atoms with Gasteiger partial charge in [-0.25, -0.2) is 4.98 Å². The van der Waals surface area contributed by atoms with E-state index in [-0.39, 0.29) is 11.9 Å². The SMILES string of the molecule is Cc1cccc([C@@H](c2sc3nc(C)nn3c2O)N2CCOCC2)c1. The van der Waals surface area contributed by atoms with Crippen molar-refractivity contribution in [3.05, 3.63) is 46.1 Å². The van der Waals surface area contributed by atoms with E-state index in [9.17, 15) is 5.11 Å². The van der Waals surface area contributed by atoms with E-state index in [0.29, 0.717) is 19.0 Å². The van der Waals surface area contributed by atoms with E-state index in [0.717, 1.165) is 22.9 Å². The number of aryl methyl sites for hydroxylation is 2. The van der Waals surface area contributed by atoms with Gasteiger partial charge >= 0.3 is 0 Å². The minimum atomic E-state index is -0.0115. The van der Waals surface area contributed by atoms with Crippen LogP contribution in [0.4, 0.5) is 0 Å². The third-order valence-corrected chi connectivity index (χ3v) is 5.40. The fourth-order valence-electron chi connectivity index (χ4n) is 3.23. The summed E-state index contributed by atoms with van der Waals surface area (Å²) < 4.78 is 7.04. The number of thiazole rings is 1. The number of benzene rings is 1. The van der Waals surface area contributed by atoms with Crippen LogP contribution in [0, 0.1) is 13.8 Å². The lowest BCUT2D eigenvalue weighted by atomic mass is 10.0. The van der Waals surface area contributed by atoms with E-state index in [4.69, 9.17) is 4.74 Å². The molecule has 3 aromatic rings. The van der Waals surface area contributed by atoms with Crippen molar-refractivity contribution in [2.45, 2.75) is 19.9 Å². The molecule has 1 aliphatic rings. The fraction of sp³-hybridized carbons (Fsp3) is 0.412. The largest absolute Gasteiger partial charge is 0.492 e. The molecule has 1 aromatic carbocycles. The van der Waals surface area contributed by atoms with Crippen molar-refractivity contribution in [2.24, 2.45) is 0 Å². The van der Waals surface area contributed by atoms with Crippen LogP contribution in [-0.2, 0) is 4.74 Å². The summed E-state index contributed by atoms with van der Waals surface area (Å²) in [5.74, 6) is 0.857. The Balaban J connectivity index is 1.84. The third-order valence-electron chi connectivity index (χ3n) is 4.32. The smallest absolute Gasteiger partial charge is 0.230 e. The van der Waals surface area contributed by atoms with Crippen LogP contribution in [-0.4, -0.2) is 50.9 Å². The Morgan fingerprint density at radius 2 is 2.04 bits per heavy atom. The molecule has 0 bridgehead atoms. The summed E-state index contributed by atoms with van der Waals surface area (Å²) in [6.07, 6.45) is 0. The first-order valence-electron chi connectivity index (χ1n) is 8.07. The van der Waals surface area contributed by atoms with Crippen LogP contribution in [0.2, 0.25) is 0 Å². The van der Waals surface area contributed by atoms with E-state index < -0.39 is 0 Å². The van der Waals surface area contributed by atoms with Crippen LogP contribution in [0.5, 0.6) is 5.88 Å². The van der Waals surface area contributed by atoms with Gasteiger partial charge in [0, 0.05) is 13.1 Å². The lowest BCUT2D eigenvalue weighted by molar-refractivity contribution is 0.0241. The molecule has 0 spiro atoms. The number of aromatic nitrogens is 3. The third kappa shape index (κ3) is 2.68. The zero-order chi connectivity index (χ0) is 16.7. The first kappa shape index (κ1) is 15.6. The van der Waals surface area contributed by atoms with Gasteiger partial charge in [0.1, 0.15) is 5.82 Å². The van der Waals surface area contributed by atoms with E-state index in [2.05, 4.69) is 46.2 Å². The summed E-state index contributed by atoms with van der Waals surface area (Å²) in [7, 11) is 0. The maximum atomic E-state index is 10.7. The van der Waals surface area contributed by atoms with E-state index in [1.54, 1.807) is 4.52 Å². The van der Waals surface area contributed by atoms with Gasteiger partial charge in [-0.1, -0.05) is 41.2 Å². The fourth-order valence-corrected chi connectivity index (χ4v) is 4.39. The number of morpholine rings is 1. The highest BCUT2D eigenvalue weighted by atomic mass is 32.1. The van der Waals surface area contributed by atoms with Crippen LogP contribution in [0.15, 0.2) is 24.3 Å². The molecule has 4 rings (SSSR count). The highest BCUT2D eigenvalue weighted by Gasteiger charge is 2.30. The highest BCUT2D eigenvalue weighted by molar-refractivity contribution is 7.17. The van der Waals surface area contributed by atoms with E-state index in [1.807, 2.05) is 6.92 Å². The monoisotopic (exact) mass is 344 g/mol. The number of hydrogen-bond acceptors (Lipinski definition) is 6. The number of hydrogen-bond donors (Lipinski definition) is 1. The molecule has 0 aliphatic carbocycles. The molecule has 7 heteroatoms. The van der Waals surface area contributed by atoms with Gasteiger partial charge in [-0.05, 0) is 19.4 Å². The quantitative estimate of drug-likeness (QED) is 0.791. The number of nitrogens with zero attached hydrogens (tertiary/aromatic N) is 4. The predicted octanol–water partition coefficient (Wildman–Crippen LogP) is 2.53. The minimum absolute atomic E-state index is 0.0115. The average Bonchev–Trinajstić information content (AvgIpc) is 3.07. The Morgan fingerprint density at radius 3 is 2.75 bits per heavy atom. The van der Waals surface area contributed by atoms with Gasteiger partial charge in [0.15, 0.2) is 0 Å². The van der Waals surface area contributed by atoms with Gasteiger partial charge in [-0.2, -0.15) is 4.52 Å². The highest BCUT2D eigenvalue weighted by Crippen LogP contribution is 2.40. The molecule has 1 aliphatic heterocycles. The Kier molecular flexibility index (Phi) is 3.99. The molecule has 1 fully saturated rings. The summed E-state index contributed by atoms with van der Waals surface area (Å²) in [6.45, 7) is 7.02. The molecule has 1 saturated heterocycles. The molecule has 24 heavy (non-hydrogen) atoms. The van der Waals surface area contributed by atoms with Crippen LogP contribution < -0.4 is 0 Å². The van der Waals surface area contributed by atoms with Crippen LogP contribution in [0.3, 0.4) is 0 Å². The first-order chi connectivity index (χ1) is 11.6. The molecule has 2 aromatic heterocycles. The van der Waals surface area contributed by atoms with Gasteiger partial charge < -0.3 is 9.84 Å². The molecule has 0 unspecified atom stereocenters. The molecule has 0 saturated carbocycles. The summed E-state index contributed by atoms with van der Waals surface area (Å²) in [4.78, 5) is 8.37. The van der Waals surface area contributed by atoms with Gasteiger partial charge in [0.05, 0.1) is 24.1 Å². The number of aromatic hydroxyl groups is 1. The predicted molar refractivity (Wildman–Crippen MR) is 92.7 cm³/mol. The van der Waals surface area contributed by atoms with Crippen molar-refractivity contribution in [3.8, 4) is 5.88 Å². The topological polar surface area (TPSA) is 62.9 Å². The molecule has 126 valence electrons. The standard InChI is InChI=1S/C17H20N4O2S/c1-11-4-3-5-13(10-11)14(20-6-8-23-9-7-20)15-16(22)21-17(24-15)18-12(2)19-21/h3-5,10,14,22H,6-9H2,1-2H3/t14-/m0/s1. The molecular weight excluding hydrogens is 324 g/mol. The van der Waals surface area contributed by atoms with Crippen molar-refractivity contribution in [2.75, 3.05) is 26.3 Å². The normalized spacial score (nSPS) is 17.4. The van der Waals surface area contributed by atoms with E-state index >= 15 is 0 Å². The summed E-state index contributed by atoms with van der Waals surface area (Å²) in [6, 6.07) is 8.44. The molecule has 3 heterocycles. The van der Waals surface area contributed by atoms with Gasteiger partial charge in [-0.3, -0.25) is 4.90 Å². The Morgan fingerprint density at radius 1 is 1.25 bits per heavy atom. The average molecular weight is 344 g/mol. The summed E-state index contributed by atoms with van der Waals surface area (Å²) in [5.41, 5.74) is 2.38. The second-order valence-corrected chi connectivity index (χ2v) is 7.12. The Hall–Kier alpha value is -1.96. The second kappa shape index (κ2) is 6.16. The molecule has 1 atom stereocenters. The van der Waals surface area contributed by atoms with Crippen molar-refractivity contribution in [1.29, 1.82) is 0 Å². The molecule has 0 amide bonds. The van der Waals surface area contributed by atoms with Crippen molar-refractivity contribution in [3.63, 3.8) is 0 Å². The lowest BCUT2D eigenvalue weighted by Crippen LogP contribution is -2.39. The van der Waals surface area contributed by atoms with Gasteiger partial charge in [0.2, 0.25) is 10.8 Å². The first-order valence-corrected chi connectivity index (χ1v) is 8.88. The molecular formula is C17H20N4O2S. The zero-order valence-corrected chi connectivity index (χ0v) is 14.6.